The third-order valence-corrected chi connectivity index (χ3v) is 8.40. The van der Waals surface area contributed by atoms with E-state index in [-0.39, 0.29) is 17.1 Å². The van der Waals surface area contributed by atoms with Crippen LogP contribution in [0.3, 0.4) is 0 Å². The Balaban J connectivity index is 1.51. The summed E-state index contributed by atoms with van der Waals surface area (Å²) in [5.41, 5.74) is 4.18. The monoisotopic (exact) mass is 474 g/mol. The van der Waals surface area contributed by atoms with Gasteiger partial charge in [0.15, 0.2) is 10.9 Å². The topological polar surface area (TPSA) is 52.0 Å². The van der Waals surface area contributed by atoms with Gasteiger partial charge in [-0.25, -0.2) is 4.98 Å². The summed E-state index contributed by atoms with van der Waals surface area (Å²) < 4.78 is 1.76. The first-order chi connectivity index (χ1) is 16.1. The molecule has 2 aromatic carbocycles. The first-order valence-electron chi connectivity index (χ1n) is 11.5. The number of ketones is 1. The van der Waals surface area contributed by atoms with E-state index in [9.17, 15) is 9.59 Å². The molecule has 0 saturated heterocycles. The fourth-order valence-corrected chi connectivity index (χ4v) is 6.57. The Bertz CT molecular complexity index is 1360. The van der Waals surface area contributed by atoms with Gasteiger partial charge in [0.25, 0.3) is 5.56 Å². The lowest BCUT2D eigenvalue weighted by Crippen LogP contribution is -2.24. The van der Waals surface area contributed by atoms with E-state index in [2.05, 4.69) is 6.92 Å². The number of thiophene rings is 1. The summed E-state index contributed by atoms with van der Waals surface area (Å²) in [6.07, 6.45) is 5.23. The molecule has 33 heavy (non-hydrogen) atoms. The van der Waals surface area contributed by atoms with Crippen LogP contribution in [0, 0.1) is 0 Å². The maximum atomic E-state index is 13.7. The van der Waals surface area contributed by atoms with E-state index in [1.165, 1.54) is 34.2 Å². The molecule has 6 heteroatoms. The van der Waals surface area contributed by atoms with Crippen molar-refractivity contribution in [3.63, 3.8) is 0 Å². The van der Waals surface area contributed by atoms with Crippen molar-refractivity contribution in [1.29, 1.82) is 0 Å². The van der Waals surface area contributed by atoms with E-state index < -0.39 is 0 Å². The van der Waals surface area contributed by atoms with Gasteiger partial charge in [-0.3, -0.25) is 14.2 Å². The first-order valence-corrected chi connectivity index (χ1v) is 13.3. The Hall–Kier alpha value is -2.70. The zero-order chi connectivity index (χ0) is 22.8. The number of hydrogen-bond donors (Lipinski definition) is 0. The van der Waals surface area contributed by atoms with Crippen LogP contribution in [0.4, 0.5) is 0 Å². The number of fused-ring (bicyclic) bond motifs is 3. The quantitative estimate of drug-likeness (QED) is 0.189. The van der Waals surface area contributed by atoms with Crippen LogP contribution >= 0.6 is 23.1 Å². The summed E-state index contributed by atoms with van der Waals surface area (Å²) in [4.78, 5) is 33.6. The number of nitrogens with zero attached hydrogens (tertiary/aromatic N) is 2. The number of carbonyl (C=O) groups is 1. The largest absolute Gasteiger partial charge is 0.293 e. The second kappa shape index (κ2) is 9.65. The number of carbonyl (C=O) groups excluding carboxylic acids is 1. The number of aryl methyl sites for hydroxylation is 3. The van der Waals surface area contributed by atoms with E-state index in [1.807, 2.05) is 54.6 Å². The van der Waals surface area contributed by atoms with Gasteiger partial charge in [0, 0.05) is 10.4 Å². The molecule has 2 heterocycles. The predicted octanol–water partition coefficient (Wildman–Crippen LogP) is 5.92. The number of thioether (sulfide) groups is 1. The normalized spacial score (nSPS) is 13.2. The molecule has 0 radical (unpaired) electrons. The predicted molar refractivity (Wildman–Crippen MR) is 137 cm³/mol. The highest BCUT2D eigenvalue weighted by Gasteiger charge is 2.23. The van der Waals surface area contributed by atoms with Gasteiger partial charge < -0.3 is 0 Å². The van der Waals surface area contributed by atoms with Gasteiger partial charge in [0.05, 0.1) is 17.7 Å². The molecule has 0 N–H and O–H groups in total. The molecule has 1 aliphatic carbocycles. The van der Waals surface area contributed by atoms with E-state index in [0.717, 1.165) is 41.5 Å². The van der Waals surface area contributed by atoms with Crippen molar-refractivity contribution >= 4 is 39.1 Å². The molecule has 0 atom stereocenters. The molecule has 4 nitrogen and oxygen atoms in total. The van der Waals surface area contributed by atoms with Crippen LogP contribution < -0.4 is 5.56 Å². The minimum atomic E-state index is 0.0190. The van der Waals surface area contributed by atoms with Crippen LogP contribution in [-0.2, 0) is 25.8 Å². The fraction of sp³-hybridized carbons (Fsp3) is 0.296. The summed E-state index contributed by atoms with van der Waals surface area (Å²) in [5, 5.41) is 1.41. The zero-order valence-corrected chi connectivity index (χ0v) is 20.3. The molecule has 0 amide bonds. The molecule has 0 fully saturated rings. The van der Waals surface area contributed by atoms with Crippen LogP contribution in [0.2, 0.25) is 0 Å². The van der Waals surface area contributed by atoms with Gasteiger partial charge in [0.1, 0.15) is 4.83 Å². The maximum absolute atomic E-state index is 13.7. The zero-order valence-electron chi connectivity index (χ0n) is 18.7. The SMILES string of the molecule is CCc1ccc(C(=O)CSc2nc3sc4c(c3c(=O)n2Cc2ccccc2)CCCC4)cc1. The van der Waals surface area contributed by atoms with Gasteiger partial charge >= 0.3 is 0 Å². The minimum Gasteiger partial charge on any atom is -0.293 e. The highest BCUT2D eigenvalue weighted by atomic mass is 32.2. The molecule has 2 aromatic heterocycles. The molecule has 4 aromatic rings. The molecular formula is C27H26N2O2S2. The number of Topliss-reactive ketones (excluding diaryl/α,β-unsaturated/α-hetero) is 1. The summed E-state index contributed by atoms with van der Waals surface area (Å²) in [5.74, 6) is 0.303. The molecule has 5 rings (SSSR count). The van der Waals surface area contributed by atoms with Crippen LogP contribution in [0.25, 0.3) is 10.2 Å². The molecule has 168 valence electrons. The van der Waals surface area contributed by atoms with Crippen molar-refractivity contribution in [1.82, 2.24) is 9.55 Å². The number of hydrogen-bond acceptors (Lipinski definition) is 5. The molecular weight excluding hydrogens is 448 g/mol. The van der Waals surface area contributed by atoms with Gasteiger partial charge in [-0.15, -0.1) is 11.3 Å². The molecule has 0 unspecified atom stereocenters. The van der Waals surface area contributed by atoms with Crippen LogP contribution in [0.1, 0.15) is 51.7 Å². The lowest BCUT2D eigenvalue weighted by Gasteiger charge is -2.13. The summed E-state index contributed by atoms with van der Waals surface area (Å²) in [6, 6.07) is 17.8. The van der Waals surface area contributed by atoms with E-state index in [4.69, 9.17) is 4.98 Å². The van der Waals surface area contributed by atoms with Gasteiger partial charge in [-0.1, -0.05) is 73.3 Å². The fourth-order valence-electron chi connectivity index (χ4n) is 4.38. The van der Waals surface area contributed by atoms with Gasteiger partial charge in [-0.05, 0) is 48.8 Å². The second-order valence-corrected chi connectivity index (χ2v) is 10.5. The lowest BCUT2D eigenvalue weighted by atomic mass is 9.97. The highest BCUT2D eigenvalue weighted by Crippen LogP contribution is 2.35. The Morgan fingerprint density at radius 3 is 2.55 bits per heavy atom. The van der Waals surface area contributed by atoms with Crippen molar-refractivity contribution in [3.8, 4) is 0 Å². The van der Waals surface area contributed by atoms with E-state index >= 15 is 0 Å². The third kappa shape index (κ3) is 4.55. The lowest BCUT2D eigenvalue weighted by molar-refractivity contribution is 0.102. The van der Waals surface area contributed by atoms with Crippen LogP contribution in [0.5, 0.6) is 0 Å². The Morgan fingerprint density at radius 2 is 1.79 bits per heavy atom. The van der Waals surface area contributed by atoms with Gasteiger partial charge in [0.2, 0.25) is 0 Å². The Labute approximate surface area is 201 Å². The van der Waals surface area contributed by atoms with Crippen LogP contribution in [0.15, 0.2) is 64.5 Å². The third-order valence-electron chi connectivity index (χ3n) is 6.24. The molecule has 0 spiro atoms. The molecule has 1 aliphatic rings. The summed E-state index contributed by atoms with van der Waals surface area (Å²) in [6.45, 7) is 2.55. The van der Waals surface area contributed by atoms with Crippen molar-refractivity contribution in [3.05, 3.63) is 92.1 Å². The van der Waals surface area contributed by atoms with Crippen molar-refractivity contribution in [2.45, 2.75) is 50.7 Å². The maximum Gasteiger partial charge on any atom is 0.263 e. The summed E-state index contributed by atoms with van der Waals surface area (Å²) in [7, 11) is 0. The van der Waals surface area contributed by atoms with Gasteiger partial charge in [-0.2, -0.15) is 0 Å². The highest BCUT2D eigenvalue weighted by molar-refractivity contribution is 7.99. The van der Waals surface area contributed by atoms with E-state index in [1.54, 1.807) is 15.9 Å². The first kappa shape index (κ1) is 22.1. The second-order valence-electron chi connectivity index (χ2n) is 8.42. The number of benzene rings is 2. The Morgan fingerprint density at radius 1 is 1.03 bits per heavy atom. The average molecular weight is 475 g/mol. The number of rotatable bonds is 7. The van der Waals surface area contributed by atoms with Crippen molar-refractivity contribution < 1.29 is 4.79 Å². The standard InChI is InChI=1S/C27H26N2O2S2/c1-2-18-12-14-20(15-13-18)22(30)17-32-27-28-25-24(21-10-6-7-11-23(21)33-25)26(31)29(27)16-19-8-4-3-5-9-19/h3-5,8-9,12-15H,2,6-7,10-11,16-17H2,1H3. The summed E-state index contributed by atoms with van der Waals surface area (Å²) >= 11 is 3.02. The number of aromatic nitrogens is 2. The molecule has 0 saturated carbocycles. The Kier molecular flexibility index (Phi) is 6.47. The van der Waals surface area contributed by atoms with Crippen molar-refractivity contribution in [2.24, 2.45) is 0 Å². The smallest absolute Gasteiger partial charge is 0.263 e. The molecule has 0 aliphatic heterocycles. The van der Waals surface area contributed by atoms with E-state index in [0.29, 0.717) is 17.3 Å². The molecule has 0 bridgehead atoms. The minimum absolute atomic E-state index is 0.0190. The van der Waals surface area contributed by atoms with Crippen LogP contribution in [-0.4, -0.2) is 21.1 Å². The van der Waals surface area contributed by atoms with Crippen molar-refractivity contribution in [2.75, 3.05) is 5.75 Å². The average Bonchev–Trinajstić information content (AvgIpc) is 3.23.